The molecule has 114 valence electrons. The summed E-state index contributed by atoms with van der Waals surface area (Å²) in [6, 6.07) is 15.7. The lowest BCUT2D eigenvalue weighted by Gasteiger charge is -2.10. The summed E-state index contributed by atoms with van der Waals surface area (Å²) in [6.07, 6.45) is 3.77. The van der Waals surface area contributed by atoms with Gasteiger partial charge in [-0.05, 0) is 48.3 Å². The second kappa shape index (κ2) is 8.41. The number of thiocarbonyl (C=S) groups is 1. The monoisotopic (exact) mass is 331 g/mol. The number of anilines is 1. The fourth-order valence-corrected chi connectivity index (χ4v) is 2.32. The molecule has 0 heterocycles. The standard InChI is InChI=1S/C16H17N3OS2/c1-20-15-6-4-3-5-14(15)18-16(21)19-17-11-12-7-9-13(22-2)10-8-12/h3-11H,1-2H3,(H2,18,19,21)/b17-11-. The van der Waals surface area contributed by atoms with Gasteiger partial charge in [-0.3, -0.25) is 5.43 Å². The predicted molar refractivity (Wildman–Crippen MR) is 98.2 cm³/mol. The third-order valence-electron chi connectivity index (χ3n) is 2.85. The topological polar surface area (TPSA) is 45.6 Å². The minimum atomic E-state index is 0.404. The van der Waals surface area contributed by atoms with Crippen LogP contribution in [0.3, 0.4) is 0 Å². The van der Waals surface area contributed by atoms with Gasteiger partial charge in [0.2, 0.25) is 0 Å². The summed E-state index contributed by atoms with van der Waals surface area (Å²) in [7, 11) is 1.62. The molecule has 2 aromatic rings. The van der Waals surface area contributed by atoms with Crippen molar-refractivity contribution in [3.05, 3.63) is 54.1 Å². The van der Waals surface area contributed by atoms with E-state index in [9.17, 15) is 0 Å². The maximum absolute atomic E-state index is 5.25. The summed E-state index contributed by atoms with van der Waals surface area (Å²) >= 11 is 6.91. The first-order valence-electron chi connectivity index (χ1n) is 6.60. The Morgan fingerprint density at radius 1 is 1.18 bits per heavy atom. The van der Waals surface area contributed by atoms with E-state index in [-0.39, 0.29) is 0 Å². The molecule has 0 atom stereocenters. The highest BCUT2D eigenvalue weighted by atomic mass is 32.2. The number of hydrazone groups is 1. The van der Waals surface area contributed by atoms with Crippen molar-refractivity contribution in [2.45, 2.75) is 4.90 Å². The van der Waals surface area contributed by atoms with Gasteiger partial charge >= 0.3 is 0 Å². The number of hydrogen-bond donors (Lipinski definition) is 2. The van der Waals surface area contributed by atoms with Gasteiger partial charge in [-0.2, -0.15) is 5.10 Å². The van der Waals surface area contributed by atoms with E-state index in [1.165, 1.54) is 4.90 Å². The van der Waals surface area contributed by atoms with Crippen molar-refractivity contribution in [1.29, 1.82) is 0 Å². The zero-order chi connectivity index (χ0) is 15.8. The van der Waals surface area contributed by atoms with Crippen LogP contribution in [0.5, 0.6) is 5.75 Å². The van der Waals surface area contributed by atoms with Crippen LogP contribution in [0.1, 0.15) is 5.56 Å². The molecule has 0 spiro atoms. The number of para-hydroxylation sites is 2. The van der Waals surface area contributed by atoms with Crippen LogP contribution in [0.2, 0.25) is 0 Å². The average Bonchev–Trinajstić information content (AvgIpc) is 2.56. The molecule has 0 unspecified atom stereocenters. The fourth-order valence-electron chi connectivity index (χ4n) is 1.75. The number of thioether (sulfide) groups is 1. The second-order valence-corrected chi connectivity index (χ2v) is 5.59. The van der Waals surface area contributed by atoms with Crippen molar-refractivity contribution in [2.24, 2.45) is 5.10 Å². The van der Waals surface area contributed by atoms with E-state index in [2.05, 4.69) is 28.0 Å². The Morgan fingerprint density at radius 3 is 2.59 bits per heavy atom. The fraction of sp³-hybridized carbons (Fsp3) is 0.125. The van der Waals surface area contributed by atoms with E-state index in [1.54, 1.807) is 25.1 Å². The van der Waals surface area contributed by atoms with Gasteiger partial charge in [0.05, 0.1) is 19.0 Å². The molecule has 0 bridgehead atoms. The average molecular weight is 331 g/mol. The van der Waals surface area contributed by atoms with Crippen molar-refractivity contribution >= 4 is 41.0 Å². The van der Waals surface area contributed by atoms with E-state index >= 15 is 0 Å². The number of nitrogens with zero attached hydrogens (tertiary/aromatic N) is 1. The molecule has 0 aliphatic heterocycles. The molecule has 0 amide bonds. The zero-order valence-corrected chi connectivity index (χ0v) is 14.0. The number of methoxy groups -OCH3 is 1. The highest BCUT2D eigenvalue weighted by Gasteiger charge is 2.02. The van der Waals surface area contributed by atoms with Crippen LogP contribution in [0.25, 0.3) is 0 Å². The van der Waals surface area contributed by atoms with Crippen LogP contribution in [-0.2, 0) is 0 Å². The first-order chi connectivity index (χ1) is 10.7. The normalized spacial score (nSPS) is 10.5. The number of rotatable bonds is 5. The second-order valence-electron chi connectivity index (χ2n) is 4.30. The molecule has 4 nitrogen and oxygen atoms in total. The van der Waals surface area contributed by atoms with Gasteiger partial charge < -0.3 is 10.1 Å². The van der Waals surface area contributed by atoms with Gasteiger partial charge in [-0.25, -0.2) is 0 Å². The summed E-state index contributed by atoms with van der Waals surface area (Å²) in [5.74, 6) is 0.725. The van der Waals surface area contributed by atoms with Gasteiger partial charge in [0.15, 0.2) is 5.11 Å². The van der Waals surface area contributed by atoms with Crippen LogP contribution >= 0.6 is 24.0 Å². The maximum Gasteiger partial charge on any atom is 0.191 e. The van der Waals surface area contributed by atoms with Gasteiger partial charge in [-0.15, -0.1) is 11.8 Å². The van der Waals surface area contributed by atoms with Crippen molar-refractivity contribution in [3.8, 4) is 5.75 Å². The number of ether oxygens (including phenoxy) is 1. The molecule has 0 radical (unpaired) electrons. The minimum Gasteiger partial charge on any atom is -0.495 e. The van der Waals surface area contributed by atoms with Crippen LogP contribution < -0.4 is 15.5 Å². The van der Waals surface area contributed by atoms with Gasteiger partial charge in [0.1, 0.15) is 5.75 Å². The largest absolute Gasteiger partial charge is 0.495 e. The van der Waals surface area contributed by atoms with Crippen LogP contribution in [0.15, 0.2) is 58.5 Å². The lowest BCUT2D eigenvalue weighted by Crippen LogP contribution is -2.24. The van der Waals surface area contributed by atoms with E-state index in [0.29, 0.717) is 5.11 Å². The highest BCUT2D eigenvalue weighted by Crippen LogP contribution is 2.22. The summed E-state index contributed by atoms with van der Waals surface area (Å²) in [6.45, 7) is 0. The van der Waals surface area contributed by atoms with Gasteiger partial charge in [0.25, 0.3) is 0 Å². The molecule has 2 N–H and O–H groups in total. The SMILES string of the molecule is COc1ccccc1NC(=S)N/N=C\c1ccc(SC)cc1. The lowest BCUT2D eigenvalue weighted by molar-refractivity contribution is 0.417. The zero-order valence-electron chi connectivity index (χ0n) is 12.4. The van der Waals surface area contributed by atoms with Crippen molar-refractivity contribution in [2.75, 3.05) is 18.7 Å². The molecular weight excluding hydrogens is 314 g/mol. The molecular formula is C16H17N3OS2. The van der Waals surface area contributed by atoms with Crippen LogP contribution in [0, 0.1) is 0 Å². The Labute approximate surface area is 140 Å². The Hall–Kier alpha value is -2.05. The van der Waals surface area contributed by atoms with Gasteiger partial charge in [-0.1, -0.05) is 24.3 Å². The van der Waals surface area contributed by atoms with Crippen molar-refractivity contribution < 1.29 is 4.74 Å². The Balaban J connectivity index is 1.90. The molecule has 0 saturated heterocycles. The molecule has 6 heteroatoms. The maximum atomic E-state index is 5.25. The molecule has 0 aliphatic carbocycles. The number of nitrogens with one attached hydrogen (secondary N) is 2. The van der Waals surface area contributed by atoms with Crippen LogP contribution in [0.4, 0.5) is 5.69 Å². The summed E-state index contributed by atoms with van der Waals surface area (Å²) in [5.41, 5.74) is 4.59. The number of hydrogen-bond acceptors (Lipinski definition) is 4. The predicted octanol–water partition coefficient (Wildman–Crippen LogP) is 3.74. The summed E-state index contributed by atoms with van der Waals surface area (Å²) in [4.78, 5) is 1.22. The van der Waals surface area contributed by atoms with E-state index < -0.39 is 0 Å². The molecule has 0 aliphatic rings. The highest BCUT2D eigenvalue weighted by molar-refractivity contribution is 7.98. The number of benzene rings is 2. The molecule has 2 aromatic carbocycles. The molecule has 22 heavy (non-hydrogen) atoms. The van der Waals surface area contributed by atoms with Crippen LogP contribution in [-0.4, -0.2) is 24.7 Å². The minimum absolute atomic E-state index is 0.404. The van der Waals surface area contributed by atoms with E-state index in [0.717, 1.165) is 17.0 Å². The summed E-state index contributed by atoms with van der Waals surface area (Å²) < 4.78 is 5.25. The molecule has 0 aromatic heterocycles. The molecule has 0 fully saturated rings. The third kappa shape index (κ3) is 4.75. The Kier molecular flexibility index (Phi) is 6.24. The Bertz CT molecular complexity index is 657. The first-order valence-corrected chi connectivity index (χ1v) is 8.23. The quantitative estimate of drug-likeness (QED) is 0.378. The Morgan fingerprint density at radius 2 is 1.91 bits per heavy atom. The molecule has 0 saturated carbocycles. The summed E-state index contributed by atoms with van der Waals surface area (Å²) in [5, 5.41) is 7.57. The lowest BCUT2D eigenvalue weighted by atomic mass is 10.2. The third-order valence-corrected chi connectivity index (χ3v) is 3.79. The van der Waals surface area contributed by atoms with Crippen molar-refractivity contribution in [1.82, 2.24) is 5.43 Å². The first kappa shape index (κ1) is 16.3. The van der Waals surface area contributed by atoms with Crippen molar-refractivity contribution in [3.63, 3.8) is 0 Å². The van der Waals surface area contributed by atoms with E-state index in [4.69, 9.17) is 17.0 Å². The van der Waals surface area contributed by atoms with Gasteiger partial charge in [0, 0.05) is 4.90 Å². The molecule has 2 rings (SSSR count). The smallest absolute Gasteiger partial charge is 0.191 e. The van der Waals surface area contributed by atoms with E-state index in [1.807, 2.05) is 42.7 Å².